The maximum absolute atomic E-state index is 9.37. The standard InChI is InChI=1S/C12H10N2O/c15-8-5-6-11-12(7-8)14-10-4-2-1-3-9(10)13-11/h1-7,13-15H. The Bertz CT molecular complexity index is 523. The van der Waals surface area contributed by atoms with Crippen LogP contribution in [0.3, 0.4) is 0 Å². The number of phenolic OH excluding ortho intramolecular Hbond substituents is 1. The van der Waals surface area contributed by atoms with Gasteiger partial charge in [-0.2, -0.15) is 0 Å². The molecule has 0 atom stereocenters. The first-order valence-corrected chi connectivity index (χ1v) is 4.79. The zero-order valence-corrected chi connectivity index (χ0v) is 7.99. The molecule has 2 aromatic carbocycles. The van der Waals surface area contributed by atoms with E-state index < -0.39 is 0 Å². The van der Waals surface area contributed by atoms with Gasteiger partial charge in [0.05, 0.1) is 22.7 Å². The van der Waals surface area contributed by atoms with Gasteiger partial charge in [-0.25, -0.2) is 0 Å². The van der Waals surface area contributed by atoms with Crippen molar-refractivity contribution in [3.8, 4) is 5.75 Å². The van der Waals surface area contributed by atoms with Crippen LogP contribution in [0.15, 0.2) is 42.5 Å². The van der Waals surface area contributed by atoms with Gasteiger partial charge in [-0.1, -0.05) is 12.1 Å². The number of rotatable bonds is 0. The minimum atomic E-state index is 0.266. The van der Waals surface area contributed by atoms with Crippen molar-refractivity contribution >= 4 is 22.7 Å². The molecule has 3 heteroatoms. The first-order valence-electron chi connectivity index (χ1n) is 4.79. The first-order chi connectivity index (χ1) is 7.33. The molecule has 0 radical (unpaired) electrons. The topological polar surface area (TPSA) is 44.3 Å². The molecule has 0 aromatic heterocycles. The lowest BCUT2D eigenvalue weighted by atomic mass is 10.1. The quantitative estimate of drug-likeness (QED) is 0.486. The fourth-order valence-electron chi connectivity index (χ4n) is 1.74. The zero-order chi connectivity index (χ0) is 10.3. The van der Waals surface area contributed by atoms with Crippen molar-refractivity contribution in [3.05, 3.63) is 42.5 Å². The largest absolute Gasteiger partial charge is 0.508 e. The van der Waals surface area contributed by atoms with E-state index in [2.05, 4.69) is 10.6 Å². The third-order valence-electron chi connectivity index (χ3n) is 2.47. The van der Waals surface area contributed by atoms with Gasteiger partial charge in [-0.15, -0.1) is 0 Å². The highest BCUT2D eigenvalue weighted by atomic mass is 16.3. The summed E-state index contributed by atoms with van der Waals surface area (Å²) in [5.74, 6) is 0.266. The molecule has 0 bridgehead atoms. The van der Waals surface area contributed by atoms with Crippen molar-refractivity contribution in [2.45, 2.75) is 0 Å². The number of anilines is 4. The molecule has 3 rings (SSSR count). The van der Waals surface area contributed by atoms with Crippen LogP contribution in [0.5, 0.6) is 5.75 Å². The summed E-state index contributed by atoms with van der Waals surface area (Å²) in [6.07, 6.45) is 0. The Labute approximate surface area is 87.4 Å². The minimum Gasteiger partial charge on any atom is -0.508 e. The third-order valence-corrected chi connectivity index (χ3v) is 2.47. The molecule has 2 aromatic rings. The summed E-state index contributed by atoms with van der Waals surface area (Å²) in [5, 5.41) is 15.9. The molecule has 0 amide bonds. The molecule has 15 heavy (non-hydrogen) atoms. The van der Waals surface area contributed by atoms with Gasteiger partial charge in [0.1, 0.15) is 5.75 Å². The molecule has 74 valence electrons. The number of fused-ring (bicyclic) bond motifs is 2. The van der Waals surface area contributed by atoms with Crippen LogP contribution in [-0.2, 0) is 0 Å². The van der Waals surface area contributed by atoms with E-state index in [9.17, 15) is 5.11 Å². The van der Waals surface area contributed by atoms with Crippen molar-refractivity contribution in [1.82, 2.24) is 0 Å². The molecule has 0 spiro atoms. The lowest BCUT2D eigenvalue weighted by molar-refractivity contribution is 0.475. The highest BCUT2D eigenvalue weighted by Crippen LogP contribution is 2.39. The third kappa shape index (κ3) is 1.29. The maximum atomic E-state index is 9.37. The summed E-state index contributed by atoms with van der Waals surface area (Å²) in [5.41, 5.74) is 3.95. The van der Waals surface area contributed by atoms with Gasteiger partial charge in [0, 0.05) is 6.07 Å². The van der Waals surface area contributed by atoms with Crippen LogP contribution in [0.1, 0.15) is 0 Å². The second-order valence-electron chi connectivity index (χ2n) is 3.53. The van der Waals surface area contributed by atoms with Gasteiger partial charge < -0.3 is 15.7 Å². The van der Waals surface area contributed by atoms with Crippen LogP contribution >= 0.6 is 0 Å². The molecule has 0 unspecified atom stereocenters. The average molecular weight is 198 g/mol. The molecule has 0 saturated carbocycles. The van der Waals surface area contributed by atoms with Crippen LogP contribution in [0.2, 0.25) is 0 Å². The van der Waals surface area contributed by atoms with Crippen molar-refractivity contribution in [2.24, 2.45) is 0 Å². The van der Waals surface area contributed by atoms with E-state index in [1.54, 1.807) is 12.1 Å². The summed E-state index contributed by atoms with van der Waals surface area (Å²) >= 11 is 0. The van der Waals surface area contributed by atoms with Gasteiger partial charge >= 0.3 is 0 Å². The van der Waals surface area contributed by atoms with Crippen LogP contribution < -0.4 is 10.6 Å². The number of benzene rings is 2. The lowest BCUT2D eigenvalue weighted by Crippen LogP contribution is -2.05. The van der Waals surface area contributed by atoms with Crippen molar-refractivity contribution in [3.63, 3.8) is 0 Å². The minimum absolute atomic E-state index is 0.266. The second-order valence-corrected chi connectivity index (χ2v) is 3.53. The average Bonchev–Trinajstić information content (AvgIpc) is 2.26. The highest BCUT2D eigenvalue weighted by Gasteiger charge is 2.13. The molecule has 0 saturated heterocycles. The molecular weight excluding hydrogens is 188 g/mol. The fraction of sp³-hybridized carbons (Fsp3) is 0. The summed E-state index contributed by atoms with van der Waals surface area (Å²) in [6, 6.07) is 13.2. The zero-order valence-electron chi connectivity index (χ0n) is 7.99. The predicted octanol–water partition coefficient (Wildman–Crippen LogP) is 3.19. The van der Waals surface area contributed by atoms with Crippen molar-refractivity contribution in [1.29, 1.82) is 0 Å². The summed E-state index contributed by atoms with van der Waals surface area (Å²) in [6.45, 7) is 0. The number of para-hydroxylation sites is 2. The molecular formula is C12H10N2O. The number of aromatic hydroxyl groups is 1. The van der Waals surface area contributed by atoms with E-state index >= 15 is 0 Å². The fourth-order valence-corrected chi connectivity index (χ4v) is 1.74. The van der Waals surface area contributed by atoms with Gasteiger partial charge in [0.15, 0.2) is 0 Å². The lowest BCUT2D eigenvalue weighted by Gasteiger charge is -2.22. The predicted molar refractivity (Wildman–Crippen MR) is 61.1 cm³/mol. The van der Waals surface area contributed by atoms with E-state index in [0.717, 1.165) is 22.7 Å². The molecule has 3 N–H and O–H groups in total. The van der Waals surface area contributed by atoms with Crippen molar-refractivity contribution < 1.29 is 5.11 Å². The monoisotopic (exact) mass is 198 g/mol. The molecule has 1 heterocycles. The smallest absolute Gasteiger partial charge is 0.117 e. The van der Waals surface area contributed by atoms with E-state index in [4.69, 9.17) is 0 Å². The Morgan fingerprint density at radius 3 is 2.07 bits per heavy atom. The summed E-state index contributed by atoms with van der Waals surface area (Å²) in [7, 11) is 0. The first kappa shape index (κ1) is 8.17. The van der Waals surface area contributed by atoms with E-state index in [1.807, 2.05) is 30.3 Å². The van der Waals surface area contributed by atoms with Crippen LogP contribution in [0.4, 0.5) is 22.7 Å². The second kappa shape index (κ2) is 2.92. The normalized spacial score (nSPS) is 12.0. The number of phenols is 1. The van der Waals surface area contributed by atoms with Crippen LogP contribution in [0, 0.1) is 0 Å². The van der Waals surface area contributed by atoms with Crippen LogP contribution in [0.25, 0.3) is 0 Å². The number of hydrogen-bond acceptors (Lipinski definition) is 3. The Balaban J connectivity index is 2.11. The van der Waals surface area contributed by atoms with Gasteiger partial charge in [0.25, 0.3) is 0 Å². The van der Waals surface area contributed by atoms with Gasteiger partial charge in [0.2, 0.25) is 0 Å². The molecule has 1 aliphatic rings. The van der Waals surface area contributed by atoms with Gasteiger partial charge in [-0.3, -0.25) is 0 Å². The van der Waals surface area contributed by atoms with E-state index in [0.29, 0.717) is 0 Å². The molecule has 0 fully saturated rings. The molecule has 0 aliphatic carbocycles. The van der Waals surface area contributed by atoms with E-state index in [1.165, 1.54) is 0 Å². The molecule has 3 nitrogen and oxygen atoms in total. The maximum Gasteiger partial charge on any atom is 0.117 e. The number of nitrogens with one attached hydrogen (secondary N) is 2. The summed E-state index contributed by atoms with van der Waals surface area (Å²) < 4.78 is 0. The number of hydrogen-bond donors (Lipinski definition) is 3. The van der Waals surface area contributed by atoms with Crippen molar-refractivity contribution in [2.75, 3.05) is 10.6 Å². The summed E-state index contributed by atoms with van der Waals surface area (Å²) in [4.78, 5) is 0. The molecule has 1 aliphatic heterocycles. The Hall–Kier alpha value is -2.16. The highest BCUT2D eigenvalue weighted by molar-refractivity contribution is 5.90. The van der Waals surface area contributed by atoms with E-state index in [-0.39, 0.29) is 5.75 Å². The van der Waals surface area contributed by atoms with Gasteiger partial charge in [-0.05, 0) is 24.3 Å². The Kier molecular flexibility index (Phi) is 1.59. The SMILES string of the molecule is Oc1ccc2c(c1)Nc1ccccc1N2. The Morgan fingerprint density at radius 1 is 0.733 bits per heavy atom. The van der Waals surface area contributed by atoms with Crippen LogP contribution in [-0.4, -0.2) is 5.11 Å². The Morgan fingerprint density at radius 2 is 1.33 bits per heavy atom.